The molecule has 0 atom stereocenters. The van der Waals surface area contributed by atoms with Gasteiger partial charge in [-0.2, -0.15) is 0 Å². The first-order chi connectivity index (χ1) is 9.78. The molecule has 0 radical (unpaired) electrons. The van der Waals surface area contributed by atoms with Crippen molar-refractivity contribution in [1.29, 1.82) is 0 Å². The Bertz CT molecular complexity index is 742. The minimum absolute atomic E-state index is 0.497. The van der Waals surface area contributed by atoms with E-state index in [0.29, 0.717) is 12.5 Å². The maximum absolute atomic E-state index is 5.65. The molecule has 0 saturated heterocycles. The molecular weight excluding hydrogens is 464 g/mol. The predicted octanol–water partition coefficient (Wildman–Crippen LogP) is 3.25. The average molecular weight is 476 g/mol. The topological polar surface area (TPSA) is 27.1 Å². The van der Waals surface area contributed by atoms with Crippen LogP contribution in [0.5, 0.6) is 5.75 Å². The summed E-state index contributed by atoms with van der Waals surface area (Å²) in [4.78, 5) is 4.38. The van der Waals surface area contributed by atoms with Crippen LogP contribution in [0.2, 0.25) is 0 Å². The van der Waals surface area contributed by atoms with Gasteiger partial charge in [0.15, 0.2) is 0 Å². The quantitative estimate of drug-likeness (QED) is 0.428. The Kier molecular flexibility index (Phi) is 4.26. The van der Waals surface area contributed by atoms with Gasteiger partial charge in [0.1, 0.15) is 0 Å². The average Bonchev–Trinajstić information content (AvgIpc) is 2.86. The molecule has 0 aliphatic heterocycles. The minimum atomic E-state index is 0.497. The zero-order valence-corrected chi connectivity index (χ0v) is 16.0. The van der Waals surface area contributed by atoms with Crippen LogP contribution in [0.25, 0.3) is 22.2 Å². The van der Waals surface area contributed by atoms with Gasteiger partial charge in [-0.05, 0) is 0 Å². The van der Waals surface area contributed by atoms with Crippen molar-refractivity contribution in [3.8, 4) is 16.9 Å². The van der Waals surface area contributed by atoms with Gasteiger partial charge in [0, 0.05) is 0 Å². The summed E-state index contributed by atoms with van der Waals surface area (Å²) in [6, 6.07) is 14.4. The van der Waals surface area contributed by atoms with Gasteiger partial charge in [0.25, 0.3) is 0 Å². The standard InChI is InChI=1S/C15H12ClN2O.Tl/c16-6-7-19-13-3-1-2-11(8-13)12-4-5-14-15(9-12)18-10-17-14;/h1-5,8-10H,6-7H2;/q-1;+1. The molecule has 98 valence electrons. The van der Waals surface area contributed by atoms with Gasteiger partial charge < -0.3 is 0 Å². The van der Waals surface area contributed by atoms with Crippen molar-refractivity contribution < 1.29 is 4.74 Å². The first-order valence-corrected chi connectivity index (χ1v) is 8.83. The van der Waals surface area contributed by atoms with Crippen LogP contribution in [0, 0.1) is 0 Å². The van der Waals surface area contributed by atoms with Crippen molar-refractivity contribution >= 4 is 48.7 Å². The van der Waals surface area contributed by atoms with Crippen molar-refractivity contribution in [2.24, 2.45) is 0 Å². The summed E-state index contributed by atoms with van der Waals surface area (Å²) in [6.07, 6.45) is 1.90. The van der Waals surface area contributed by atoms with Crippen LogP contribution in [-0.4, -0.2) is 45.9 Å². The van der Waals surface area contributed by atoms with E-state index in [1.54, 1.807) is 0 Å². The molecule has 3 aromatic rings. The van der Waals surface area contributed by atoms with Crippen molar-refractivity contribution in [3.05, 3.63) is 48.8 Å². The van der Waals surface area contributed by atoms with Gasteiger partial charge >= 0.3 is 139 Å². The van der Waals surface area contributed by atoms with Gasteiger partial charge in [-0.3, -0.25) is 0 Å². The predicted molar refractivity (Wildman–Crippen MR) is 82.5 cm³/mol. The van der Waals surface area contributed by atoms with Crippen LogP contribution in [0.3, 0.4) is 0 Å². The third kappa shape index (κ3) is 2.83. The summed E-state index contributed by atoms with van der Waals surface area (Å²) >= 11 is 6.37. The fourth-order valence-electron chi connectivity index (χ4n) is 2.13. The molecule has 0 fully saturated rings. The van der Waals surface area contributed by atoms with E-state index in [-0.39, 0.29) is 0 Å². The molecule has 1 heterocycles. The molecule has 0 amide bonds. The zero-order chi connectivity index (χ0) is 13.9. The third-order valence-electron chi connectivity index (χ3n) is 3.09. The monoisotopic (exact) mass is 476 g/mol. The SMILES string of the molecule is ClCCOc1cccc(-c2ccc3nc[n]([Tl])c3c2)c1. The van der Waals surface area contributed by atoms with Gasteiger partial charge in [0.2, 0.25) is 0 Å². The Balaban J connectivity index is 1.99. The second-order valence-corrected chi connectivity index (χ2v) is 6.96. The Labute approximate surface area is 138 Å². The summed E-state index contributed by atoms with van der Waals surface area (Å²) in [5.41, 5.74) is 4.56. The number of ether oxygens (including phenoxy) is 1. The second-order valence-electron chi connectivity index (χ2n) is 4.42. The number of hydrogen-bond acceptors (Lipinski definition) is 2. The van der Waals surface area contributed by atoms with Crippen LogP contribution < -0.4 is 4.74 Å². The van der Waals surface area contributed by atoms with E-state index in [2.05, 4.69) is 31.6 Å². The fraction of sp³-hybridized carbons (Fsp3) is 0.133. The first-order valence-electron chi connectivity index (χ1n) is 6.29. The Morgan fingerprint density at radius 1 is 1.15 bits per heavy atom. The summed E-state index contributed by atoms with van der Waals surface area (Å²) in [5.74, 6) is 1.35. The van der Waals surface area contributed by atoms with Crippen LogP contribution in [-0.2, 0) is 0 Å². The van der Waals surface area contributed by atoms with Crippen LogP contribution in [0.1, 0.15) is 0 Å². The van der Waals surface area contributed by atoms with Crippen molar-refractivity contribution in [1.82, 2.24) is 7.36 Å². The maximum atomic E-state index is 5.65. The van der Waals surface area contributed by atoms with Crippen molar-refractivity contribution in [3.63, 3.8) is 0 Å². The zero-order valence-electron chi connectivity index (χ0n) is 10.8. The van der Waals surface area contributed by atoms with Crippen LogP contribution in [0.4, 0.5) is 0 Å². The van der Waals surface area contributed by atoms with Gasteiger partial charge in [-0.25, -0.2) is 0 Å². The Morgan fingerprint density at radius 2 is 2.00 bits per heavy atom. The van der Waals surface area contributed by atoms with Crippen LogP contribution >= 0.6 is 11.6 Å². The number of halogens is 1. The molecule has 0 unspecified atom stereocenters. The van der Waals surface area contributed by atoms with E-state index in [1.807, 2.05) is 24.5 Å². The van der Waals surface area contributed by atoms with E-state index in [1.165, 1.54) is 11.1 Å². The molecule has 0 spiro atoms. The molecular formula is C15H12ClN2OTl. The molecule has 20 heavy (non-hydrogen) atoms. The number of imidazole rings is 1. The Morgan fingerprint density at radius 3 is 2.85 bits per heavy atom. The van der Waals surface area contributed by atoms with E-state index >= 15 is 0 Å². The molecule has 0 N–H and O–H groups in total. The number of rotatable bonds is 4. The summed E-state index contributed by atoms with van der Waals surface area (Å²) < 4.78 is 7.76. The fourth-order valence-corrected chi connectivity index (χ4v) is 3.27. The number of aromatic nitrogens is 2. The van der Waals surface area contributed by atoms with Crippen molar-refractivity contribution in [2.75, 3.05) is 12.5 Å². The molecule has 3 rings (SSSR count). The molecule has 2 aromatic carbocycles. The van der Waals surface area contributed by atoms with Gasteiger partial charge in [0.05, 0.1) is 0 Å². The number of benzene rings is 2. The molecule has 3 nitrogen and oxygen atoms in total. The molecule has 0 saturated carbocycles. The number of alkyl halides is 1. The van der Waals surface area contributed by atoms with Crippen LogP contribution in [0.15, 0.2) is 48.8 Å². The summed E-state index contributed by atoms with van der Waals surface area (Å²) in [5, 5.41) is 0. The van der Waals surface area contributed by atoms with Crippen molar-refractivity contribution in [2.45, 2.75) is 0 Å². The van der Waals surface area contributed by atoms with E-state index < -0.39 is 0 Å². The van der Waals surface area contributed by atoms with E-state index in [0.717, 1.165) is 42.9 Å². The molecule has 0 aliphatic rings. The molecule has 0 bridgehead atoms. The molecule has 5 heteroatoms. The summed E-state index contributed by atoms with van der Waals surface area (Å²) in [7, 11) is 0. The van der Waals surface area contributed by atoms with Gasteiger partial charge in [-0.1, -0.05) is 0 Å². The number of hydrogen-bond donors (Lipinski definition) is 0. The first kappa shape index (κ1) is 13.9. The third-order valence-corrected chi connectivity index (χ3v) is 4.84. The van der Waals surface area contributed by atoms with E-state index in [4.69, 9.17) is 16.3 Å². The number of nitrogens with zero attached hydrogens (tertiary/aromatic N) is 2. The van der Waals surface area contributed by atoms with E-state index in [9.17, 15) is 0 Å². The second kappa shape index (κ2) is 6.14. The van der Waals surface area contributed by atoms with Gasteiger partial charge in [-0.15, -0.1) is 0 Å². The normalized spacial score (nSPS) is 10.8. The number of fused-ring (bicyclic) bond motifs is 1. The molecule has 0 aliphatic carbocycles. The summed E-state index contributed by atoms with van der Waals surface area (Å²) in [6.45, 7) is 0.526. The molecule has 1 aromatic heterocycles. The Hall–Kier alpha value is -1.08.